The molecule has 32 heavy (non-hydrogen) atoms. The molecule has 2 atom stereocenters. The number of hydrogen-bond acceptors (Lipinski definition) is 6. The minimum absolute atomic E-state index is 0.0591. The SMILES string of the molecule is CCCCC(C(=O)NO)N1C(=O)C(O)=C(c2ccccc2[N+](=O)[O-])C1c1ccccc1C. The van der Waals surface area contributed by atoms with E-state index in [1.54, 1.807) is 23.7 Å². The first kappa shape index (κ1) is 23.0. The lowest BCUT2D eigenvalue weighted by Gasteiger charge is -2.34. The number of benzene rings is 2. The van der Waals surface area contributed by atoms with Gasteiger partial charge in [-0.15, -0.1) is 0 Å². The summed E-state index contributed by atoms with van der Waals surface area (Å²) in [7, 11) is 0. The van der Waals surface area contributed by atoms with E-state index in [4.69, 9.17) is 0 Å². The molecule has 1 heterocycles. The van der Waals surface area contributed by atoms with Gasteiger partial charge in [0, 0.05) is 11.6 Å². The first-order valence-electron chi connectivity index (χ1n) is 10.3. The summed E-state index contributed by atoms with van der Waals surface area (Å²) < 4.78 is 0. The highest BCUT2D eigenvalue weighted by Gasteiger charge is 2.48. The van der Waals surface area contributed by atoms with Crippen LogP contribution >= 0.6 is 0 Å². The molecular formula is C23H25N3O6. The zero-order chi connectivity index (χ0) is 23.4. The highest BCUT2D eigenvalue weighted by Crippen LogP contribution is 2.47. The molecule has 2 unspecified atom stereocenters. The third-order valence-electron chi connectivity index (χ3n) is 5.70. The summed E-state index contributed by atoms with van der Waals surface area (Å²) in [5.41, 5.74) is 2.90. The summed E-state index contributed by atoms with van der Waals surface area (Å²) in [5, 5.41) is 31.9. The van der Waals surface area contributed by atoms with E-state index in [0.717, 1.165) is 12.0 Å². The minimum atomic E-state index is -1.08. The Morgan fingerprint density at radius 3 is 2.50 bits per heavy atom. The standard InChI is InChI=1S/C23H25N3O6/c1-3-4-12-18(22(28)24-30)25-20(15-10-6-5-9-14(15)2)19(21(27)23(25)29)16-11-7-8-13-17(16)26(31)32/h5-11,13,18,20,27,30H,3-4,12H2,1-2H3,(H,24,28). The van der Waals surface area contributed by atoms with E-state index < -0.39 is 34.6 Å². The molecule has 9 heteroatoms. The molecule has 9 nitrogen and oxygen atoms in total. The molecule has 3 rings (SSSR count). The van der Waals surface area contributed by atoms with Crippen molar-refractivity contribution >= 4 is 23.1 Å². The van der Waals surface area contributed by atoms with Crippen LogP contribution in [0.15, 0.2) is 54.3 Å². The van der Waals surface area contributed by atoms with Crippen molar-refractivity contribution < 1.29 is 24.8 Å². The van der Waals surface area contributed by atoms with Gasteiger partial charge < -0.3 is 10.0 Å². The fourth-order valence-corrected chi connectivity index (χ4v) is 4.15. The van der Waals surface area contributed by atoms with E-state index in [1.807, 2.05) is 26.0 Å². The van der Waals surface area contributed by atoms with Gasteiger partial charge in [0.2, 0.25) is 0 Å². The van der Waals surface area contributed by atoms with Crippen LogP contribution in [0.5, 0.6) is 0 Å². The Bertz CT molecular complexity index is 1080. The third-order valence-corrected chi connectivity index (χ3v) is 5.70. The summed E-state index contributed by atoms with van der Waals surface area (Å²) in [5.74, 6) is -2.27. The topological polar surface area (TPSA) is 133 Å². The fourth-order valence-electron chi connectivity index (χ4n) is 4.15. The lowest BCUT2D eigenvalue weighted by molar-refractivity contribution is -0.385. The summed E-state index contributed by atoms with van der Waals surface area (Å²) in [6.07, 6.45) is 1.57. The maximum Gasteiger partial charge on any atom is 0.290 e. The maximum atomic E-state index is 13.3. The number of hydroxylamine groups is 1. The summed E-state index contributed by atoms with van der Waals surface area (Å²) in [4.78, 5) is 38.2. The van der Waals surface area contributed by atoms with Crippen LogP contribution in [0.25, 0.3) is 5.57 Å². The Balaban J connectivity index is 2.27. The smallest absolute Gasteiger partial charge is 0.290 e. The van der Waals surface area contributed by atoms with Crippen molar-refractivity contribution in [3.63, 3.8) is 0 Å². The second kappa shape index (κ2) is 9.61. The Labute approximate surface area is 185 Å². The van der Waals surface area contributed by atoms with Crippen molar-refractivity contribution in [3.8, 4) is 0 Å². The van der Waals surface area contributed by atoms with Crippen LogP contribution in [0, 0.1) is 17.0 Å². The van der Waals surface area contributed by atoms with Gasteiger partial charge in [-0.25, -0.2) is 5.48 Å². The molecular weight excluding hydrogens is 414 g/mol. The van der Waals surface area contributed by atoms with Crippen LogP contribution in [0.4, 0.5) is 5.69 Å². The molecule has 1 aliphatic heterocycles. The number of para-hydroxylation sites is 1. The average molecular weight is 439 g/mol. The van der Waals surface area contributed by atoms with Crippen molar-refractivity contribution in [2.75, 3.05) is 0 Å². The van der Waals surface area contributed by atoms with Crippen molar-refractivity contribution in [1.29, 1.82) is 0 Å². The van der Waals surface area contributed by atoms with E-state index in [1.165, 1.54) is 23.1 Å². The number of aliphatic hydroxyl groups excluding tert-OH is 1. The molecule has 0 bridgehead atoms. The van der Waals surface area contributed by atoms with Gasteiger partial charge in [-0.2, -0.15) is 0 Å². The van der Waals surface area contributed by atoms with Gasteiger partial charge in [-0.1, -0.05) is 56.2 Å². The second-order valence-corrected chi connectivity index (χ2v) is 7.64. The molecule has 0 aromatic heterocycles. The van der Waals surface area contributed by atoms with Crippen LogP contribution in [0.1, 0.15) is 48.9 Å². The molecule has 2 aromatic carbocycles. The summed E-state index contributed by atoms with van der Waals surface area (Å²) in [6.45, 7) is 3.74. The van der Waals surface area contributed by atoms with Gasteiger partial charge in [0.1, 0.15) is 6.04 Å². The normalized spacial score (nSPS) is 16.9. The number of aliphatic hydroxyl groups is 1. The van der Waals surface area contributed by atoms with Crippen molar-refractivity contribution in [2.24, 2.45) is 0 Å². The number of aryl methyl sites for hydroxylation is 1. The largest absolute Gasteiger partial charge is 0.503 e. The molecule has 0 aliphatic carbocycles. The number of nitro groups is 1. The van der Waals surface area contributed by atoms with Crippen LogP contribution in [-0.4, -0.2) is 38.0 Å². The highest BCUT2D eigenvalue weighted by molar-refractivity contribution is 6.08. The zero-order valence-electron chi connectivity index (χ0n) is 17.8. The van der Waals surface area contributed by atoms with Crippen molar-refractivity contribution in [3.05, 3.63) is 81.1 Å². The number of nitrogens with one attached hydrogen (secondary N) is 1. The van der Waals surface area contributed by atoms with Gasteiger partial charge in [0.05, 0.1) is 16.5 Å². The molecule has 0 spiro atoms. The Hall–Kier alpha value is -3.72. The molecule has 2 aromatic rings. The van der Waals surface area contributed by atoms with Gasteiger partial charge in [-0.3, -0.25) is 24.9 Å². The van der Waals surface area contributed by atoms with Crippen molar-refractivity contribution in [1.82, 2.24) is 10.4 Å². The Morgan fingerprint density at radius 2 is 1.88 bits per heavy atom. The quantitative estimate of drug-likeness (QED) is 0.325. The molecule has 0 saturated carbocycles. The van der Waals surface area contributed by atoms with Crippen LogP contribution in [0.2, 0.25) is 0 Å². The lowest BCUT2D eigenvalue weighted by atomic mass is 9.89. The minimum Gasteiger partial charge on any atom is -0.503 e. The van der Waals surface area contributed by atoms with Crippen LogP contribution < -0.4 is 5.48 Å². The number of carbonyl (C=O) groups is 2. The highest BCUT2D eigenvalue weighted by atomic mass is 16.6. The fraction of sp³-hybridized carbons (Fsp3) is 0.304. The second-order valence-electron chi connectivity index (χ2n) is 7.64. The first-order valence-corrected chi connectivity index (χ1v) is 10.3. The first-order chi connectivity index (χ1) is 15.3. The molecule has 1 aliphatic rings. The van der Waals surface area contributed by atoms with E-state index in [9.17, 15) is 30.0 Å². The number of rotatable bonds is 8. The van der Waals surface area contributed by atoms with E-state index in [2.05, 4.69) is 0 Å². The molecule has 0 radical (unpaired) electrons. The summed E-state index contributed by atoms with van der Waals surface area (Å²) in [6, 6.07) is 10.9. The van der Waals surface area contributed by atoms with Gasteiger partial charge >= 0.3 is 0 Å². The average Bonchev–Trinajstić information content (AvgIpc) is 3.04. The van der Waals surface area contributed by atoms with E-state index >= 15 is 0 Å². The number of nitrogens with zero attached hydrogens (tertiary/aromatic N) is 2. The molecule has 168 valence electrons. The predicted octanol–water partition coefficient (Wildman–Crippen LogP) is 3.82. The van der Waals surface area contributed by atoms with E-state index in [0.29, 0.717) is 12.0 Å². The maximum absolute atomic E-state index is 13.3. The van der Waals surface area contributed by atoms with Gasteiger partial charge in [-0.05, 0) is 30.5 Å². The number of unbranched alkanes of at least 4 members (excludes halogenated alkanes) is 1. The van der Waals surface area contributed by atoms with Gasteiger partial charge in [0.15, 0.2) is 5.76 Å². The van der Waals surface area contributed by atoms with Crippen LogP contribution in [-0.2, 0) is 9.59 Å². The lowest BCUT2D eigenvalue weighted by Crippen LogP contribution is -2.48. The van der Waals surface area contributed by atoms with Gasteiger partial charge in [0.25, 0.3) is 17.5 Å². The van der Waals surface area contributed by atoms with Crippen LogP contribution in [0.3, 0.4) is 0 Å². The number of carbonyl (C=O) groups excluding carboxylic acids is 2. The van der Waals surface area contributed by atoms with E-state index in [-0.39, 0.29) is 23.2 Å². The number of hydrogen-bond donors (Lipinski definition) is 3. The Morgan fingerprint density at radius 1 is 1.22 bits per heavy atom. The molecule has 3 N–H and O–H groups in total. The molecule has 0 fully saturated rings. The zero-order valence-corrected chi connectivity index (χ0v) is 17.8. The van der Waals surface area contributed by atoms with Crippen molar-refractivity contribution in [2.45, 2.75) is 45.2 Å². The third kappa shape index (κ3) is 4.06. The Kier molecular flexibility index (Phi) is 6.89. The number of nitro benzene ring substituents is 1. The predicted molar refractivity (Wildman–Crippen MR) is 117 cm³/mol. The monoisotopic (exact) mass is 439 g/mol. The number of amides is 2. The molecule has 0 saturated heterocycles. The summed E-state index contributed by atoms with van der Waals surface area (Å²) >= 11 is 0. The molecule has 2 amide bonds.